The Labute approximate surface area is 271 Å². The number of benzene rings is 3. The van der Waals surface area contributed by atoms with Crippen molar-refractivity contribution < 1.29 is 22.7 Å². The highest BCUT2D eigenvalue weighted by Gasteiger charge is 2.31. The largest absolute Gasteiger partial charge is 0.492 e. The quantitative estimate of drug-likeness (QED) is 0.193. The van der Waals surface area contributed by atoms with Gasteiger partial charge in [-0.05, 0) is 49.1 Å². The molecule has 0 aliphatic carbocycles. The highest BCUT2D eigenvalue weighted by molar-refractivity contribution is 7.92. The molecule has 0 unspecified atom stereocenters. The van der Waals surface area contributed by atoms with Crippen LogP contribution in [0, 0.1) is 5.92 Å². The van der Waals surface area contributed by atoms with Gasteiger partial charge in [0.25, 0.3) is 0 Å². The molecule has 3 rings (SSSR count). The zero-order valence-electron chi connectivity index (χ0n) is 25.6. The van der Waals surface area contributed by atoms with Crippen molar-refractivity contribution in [3.8, 4) is 5.75 Å². The van der Waals surface area contributed by atoms with Crippen molar-refractivity contribution in [1.82, 2.24) is 10.2 Å². The van der Waals surface area contributed by atoms with Gasteiger partial charge in [-0.25, -0.2) is 8.42 Å². The molecule has 0 bridgehead atoms. The summed E-state index contributed by atoms with van der Waals surface area (Å²) in [7, 11) is -3.69. The van der Waals surface area contributed by atoms with E-state index >= 15 is 0 Å². The first-order valence-corrected chi connectivity index (χ1v) is 17.3. The van der Waals surface area contributed by atoms with Crippen LogP contribution in [0.4, 0.5) is 5.69 Å². The first-order valence-electron chi connectivity index (χ1n) is 14.7. The van der Waals surface area contributed by atoms with Crippen LogP contribution in [0.1, 0.15) is 44.7 Å². The van der Waals surface area contributed by atoms with Crippen LogP contribution in [0.3, 0.4) is 0 Å². The van der Waals surface area contributed by atoms with E-state index in [9.17, 15) is 18.0 Å². The summed E-state index contributed by atoms with van der Waals surface area (Å²) in [4.78, 5) is 29.2. The van der Waals surface area contributed by atoms with Gasteiger partial charge in [0.15, 0.2) is 0 Å². The zero-order valence-corrected chi connectivity index (χ0v) is 28.0. The number of carbonyl (C=O) groups is 2. The molecule has 0 spiro atoms. The molecule has 1 atom stereocenters. The smallest absolute Gasteiger partial charge is 0.243 e. The molecule has 2 amide bonds. The molecule has 8 nitrogen and oxygen atoms in total. The Balaban J connectivity index is 1.94. The number of nitrogens with one attached hydrogen (secondary N) is 1. The molecule has 0 aromatic heterocycles. The van der Waals surface area contributed by atoms with E-state index in [2.05, 4.69) is 5.32 Å². The summed E-state index contributed by atoms with van der Waals surface area (Å²) in [6, 6.07) is 20.6. The van der Waals surface area contributed by atoms with Crippen LogP contribution >= 0.6 is 23.2 Å². The molecule has 0 saturated carbocycles. The van der Waals surface area contributed by atoms with E-state index in [0.29, 0.717) is 40.2 Å². The molecule has 0 heterocycles. The summed E-state index contributed by atoms with van der Waals surface area (Å²) in [5.74, 6) is 0.0298. The second-order valence-electron chi connectivity index (χ2n) is 10.9. The Morgan fingerprint density at radius 3 is 2.18 bits per heavy atom. The Kier molecular flexibility index (Phi) is 13.4. The lowest BCUT2D eigenvalue weighted by Crippen LogP contribution is -2.51. The first-order chi connectivity index (χ1) is 20.9. The number of ether oxygens (including phenoxy) is 1. The molecule has 44 heavy (non-hydrogen) atoms. The number of halogens is 2. The summed E-state index contributed by atoms with van der Waals surface area (Å²) in [6.45, 7) is 6.68. The fourth-order valence-electron chi connectivity index (χ4n) is 4.75. The highest BCUT2D eigenvalue weighted by atomic mass is 35.5. The van der Waals surface area contributed by atoms with Crippen LogP contribution in [0.25, 0.3) is 0 Å². The molecule has 11 heteroatoms. The maximum atomic E-state index is 14.0. The van der Waals surface area contributed by atoms with Crippen LogP contribution < -0.4 is 14.4 Å². The number of rotatable bonds is 16. The minimum absolute atomic E-state index is 0.00685. The second kappa shape index (κ2) is 16.7. The van der Waals surface area contributed by atoms with E-state index in [1.54, 1.807) is 42.5 Å². The van der Waals surface area contributed by atoms with E-state index in [1.165, 1.54) is 9.21 Å². The summed E-state index contributed by atoms with van der Waals surface area (Å²) in [5.41, 5.74) is 1.82. The number of amides is 2. The number of sulfonamides is 1. The molecule has 0 radical (unpaired) electrons. The number of hydrogen-bond donors (Lipinski definition) is 1. The van der Waals surface area contributed by atoms with Gasteiger partial charge in [-0.15, -0.1) is 0 Å². The fourth-order valence-corrected chi connectivity index (χ4v) is 6.24. The third-order valence-corrected chi connectivity index (χ3v) is 8.82. The number of nitrogens with zero attached hydrogens (tertiary/aromatic N) is 2. The zero-order chi connectivity index (χ0) is 32.3. The summed E-state index contributed by atoms with van der Waals surface area (Å²) in [6.07, 6.45) is 1.58. The van der Waals surface area contributed by atoms with Crippen molar-refractivity contribution in [2.45, 2.75) is 52.6 Å². The lowest BCUT2D eigenvalue weighted by atomic mass is 10.0. The standard InChI is InChI=1S/C33H41Cl2N3O5S/c1-5-43-31-18-10-9-17-29(31)38(44(4,41)42)20-12-19-32(39)37(23-26-27(34)15-11-16-28(26)35)30(33(40)36-22-24(2)3)21-25-13-7-6-8-14-25/h6-11,13-18,24,30H,5,12,19-23H2,1-4H3,(H,36,40)/t30-/m1/s1. The number of para-hydroxylation sites is 2. The van der Waals surface area contributed by atoms with Crippen LogP contribution in [0.2, 0.25) is 10.0 Å². The molecular formula is C33H41Cl2N3O5S. The molecule has 0 aliphatic rings. The predicted molar refractivity (Wildman–Crippen MR) is 178 cm³/mol. The first kappa shape index (κ1) is 35.2. The number of carbonyl (C=O) groups excluding carboxylic acids is 2. The Hall–Kier alpha value is -3.27. The second-order valence-corrected chi connectivity index (χ2v) is 13.6. The predicted octanol–water partition coefficient (Wildman–Crippen LogP) is 6.35. The van der Waals surface area contributed by atoms with Crippen LogP contribution in [-0.4, -0.2) is 57.1 Å². The minimum atomic E-state index is -3.69. The average Bonchev–Trinajstić information content (AvgIpc) is 2.97. The Morgan fingerprint density at radius 2 is 1.57 bits per heavy atom. The van der Waals surface area contributed by atoms with Crippen LogP contribution in [0.15, 0.2) is 72.8 Å². The molecule has 1 N–H and O–H groups in total. The van der Waals surface area contributed by atoms with E-state index in [-0.39, 0.29) is 50.1 Å². The van der Waals surface area contributed by atoms with Crippen molar-refractivity contribution in [3.63, 3.8) is 0 Å². The summed E-state index contributed by atoms with van der Waals surface area (Å²) < 4.78 is 32.6. The van der Waals surface area contributed by atoms with Crippen LogP contribution in [0.5, 0.6) is 5.75 Å². The van der Waals surface area contributed by atoms with Crippen molar-refractivity contribution in [2.75, 3.05) is 30.3 Å². The molecule has 238 valence electrons. The minimum Gasteiger partial charge on any atom is -0.492 e. The average molecular weight is 663 g/mol. The van der Waals surface area contributed by atoms with Crippen molar-refractivity contribution >= 4 is 50.7 Å². The molecule has 0 aliphatic heterocycles. The third-order valence-electron chi connectivity index (χ3n) is 6.93. The van der Waals surface area contributed by atoms with Gasteiger partial charge in [0.05, 0.1) is 18.6 Å². The van der Waals surface area contributed by atoms with Crippen LogP contribution in [-0.2, 0) is 32.6 Å². The molecule has 3 aromatic carbocycles. The van der Waals surface area contributed by atoms with E-state index < -0.39 is 16.1 Å². The van der Waals surface area contributed by atoms with E-state index in [1.807, 2.05) is 51.1 Å². The summed E-state index contributed by atoms with van der Waals surface area (Å²) in [5, 5.41) is 3.75. The van der Waals surface area contributed by atoms with Gasteiger partial charge in [-0.3, -0.25) is 13.9 Å². The van der Waals surface area contributed by atoms with Gasteiger partial charge in [0.1, 0.15) is 11.8 Å². The normalized spacial score (nSPS) is 12.1. The molecule has 0 fully saturated rings. The monoisotopic (exact) mass is 661 g/mol. The lowest BCUT2D eigenvalue weighted by Gasteiger charge is -2.32. The number of anilines is 1. The topological polar surface area (TPSA) is 96.0 Å². The molecule has 3 aromatic rings. The Bertz CT molecular complexity index is 1480. The van der Waals surface area contributed by atoms with E-state index in [0.717, 1.165) is 11.8 Å². The summed E-state index contributed by atoms with van der Waals surface area (Å²) >= 11 is 13.0. The lowest BCUT2D eigenvalue weighted by molar-refractivity contribution is -0.141. The SMILES string of the molecule is CCOc1ccccc1N(CCCC(=O)N(Cc1c(Cl)cccc1Cl)[C@H](Cc1ccccc1)C(=O)NCC(C)C)S(C)(=O)=O. The van der Waals surface area contributed by atoms with Crippen molar-refractivity contribution in [2.24, 2.45) is 5.92 Å². The fraction of sp³-hybridized carbons (Fsp3) is 0.394. The molecule has 0 saturated heterocycles. The molecular weight excluding hydrogens is 621 g/mol. The van der Waals surface area contributed by atoms with Crippen molar-refractivity contribution in [3.05, 3.63) is 94.0 Å². The van der Waals surface area contributed by atoms with Gasteiger partial charge in [-0.2, -0.15) is 0 Å². The number of hydrogen-bond acceptors (Lipinski definition) is 5. The maximum Gasteiger partial charge on any atom is 0.243 e. The van der Waals surface area contributed by atoms with Gasteiger partial charge >= 0.3 is 0 Å². The van der Waals surface area contributed by atoms with Gasteiger partial charge < -0.3 is 15.0 Å². The Morgan fingerprint density at radius 1 is 0.932 bits per heavy atom. The van der Waals surface area contributed by atoms with Gasteiger partial charge in [0, 0.05) is 48.1 Å². The maximum absolute atomic E-state index is 14.0. The van der Waals surface area contributed by atoms with Gasteiger partial charge in [-0.1, -0.05) is 85.6 Å². The van der Waals surface area contributed by atoms with Gasteiger partial charge in [0.2, 0.25) is 21.8 Å². The third kappa shape index (κ3) is 10.1. The van der Waals surface area contributed by atoms with Crippen molar-refractivity contribution in [1.29, 1.82) is 0 Å². The van der Waals surface area contributed by atoms with E-state index in [4.69, 9.17) is 27.9 Å². The highest BCUT2D eigenvalue weighted by Crippen LogP contribution is 2.31.